The van der Waals surface area contributed by atoms with Crippen LogP contribution in [0.25, 0.3) is 11.2 Å². The monoisotopic (exact) mass is 366 g/mol. The zero-order valence-corrected chi connectivity index (χ0v) is 13.1. The molecule has 0 bridgehead atoms. The van der Waals surface area contributed by atoms with Crippen molar-refractivity contribution in [2.45, 2.75) is 17.7 Å². The Morgan fingerprint density at radius 2 is 2.30 bits per heavy atom. The van der Waals surface area contributed by atoms with Crippen molar-refractivity contribution in [3.8, 4) is 0 Å². The lowest BCUT2D eigenvalue weighted by molar-refractivity contribution is -0.235. The van der Waals surface area contributed by atoms with E-state index in [1.807, 2.05) is 0 Å². The minimum absolute atomic E-state index is 0.125. The Bertz CT molecular complexity index is 788. The maximum Gasteiger partial charge on any atom is 0.472 e. The van der Waals surface area contributed by atoms with Gasteiger partial charge in [0.2, 0.25) is 5.72 Å². The summed E-state index contributed by atoms with van der Waals surface area (Å²) in [7, 11) is -5.29. The number of phosphoric acid groups is 1. The number of imidazole rings is 1. The highest BCUT2D eigenvalue weighted by atomic mass is 32.1. The fraction of sp³-hybridized carbons (Fsp3) is 0.500. The third kappa shape index (κ3) is 2.47. The van der Waals surface area contributed by atoms with Gasteiger partial charge >= 0.3 is 7.82 Å². The molecule has 3 rings (SSSR count). The zero-order valence-electron chi connectivity index (χ0n) is 11.4. The smallest absolute Gasteiger partial charge is 0.385 e. The summed E-state index contributed by atoms with van der Waals surface area (Å²) in [4.78, 5) is 29.7. The van der Waals surface area contributed by atoms with Gasteiger partial charge in [-0.2, -0.15) is 12.6 Å². The van der Waals surface area contributed by atoms with E-state index in [0.29, 0.717) is 0 Å². The quantitative estimate of drug-likeness (QED) is 0.419. The molecule has 126 valence electrons. The Morgan fingerprint density at radius 1 is 1.57 bits per heavy atom. The summed E-state index contributed by atoms with van der Waals surface area (Å²) in [6, 6.07) is 0. The molecule has 1 saturated heterocycles. The van der Waals surface area contributed by atoms with Crippen LogP contribution in [0.4, 0.5) is 4.39 Å². The minimum atomic E-state index is -5.29. The van der Waals surface area contributed by atoms with Gasteiger partial charge in [-0.1, -0.05) is 0 Å². The van der Waals surface area contributed by atoms with Crippen LogP contribution < -0.4 is 0 Å². The molecule has 0 saturated carbocycles. The fourth-order valence-electron chi connectivity index (χ4n) is 2.48. The van der Waals surface area contributed by atoms with Crippen LogP contribution in [0.1, 0.15) is 0 Å². The number of fused-ring (bicyclic) bond motifs is 1. The van der Waals surface area contributed by atoms with Gasteiger partial charge in [0.25, 0.3) is 5.85 Å². The van der Waals surface area contributed by atoms with Crippen LogP contribution in [-0.2, 0) is 19.6 Å². The van der Waals surface area contributed by atoms with Crippen LogP contribution in [0.3, 0.4) is 0 Å². The van der Waals surface area contributed by atoms with Gasteiger partial charge in [0.15, 0.2) is 5.65 Å². The minimum Gasteiger partial charge on any atom is -0.385 e. The second-order valence-electron chi connectivity index (χ2n) is 4.84. The number of hydrogen-bond acceptors (Lipinski definition) is 8. The van der Waals surface area contributed by atoms with E-state index >= 15 is 4.39 Å². The third-order valence-electron chi connectivity index (χ3n) is 3.51. The van der Waals surface area contributed by atoms with Crippen molar-refractivity contribution in [1.29, 1.82) is 0 Å². The van der Waals surface area contributed by atoms with Gasteiger partial charge in [-0.15, -0.1) is 0 Å². The number of rotatable bonds is 4. The van der Waals surface area contributed by atoms with Crippen molar-refractivity contribution in [3.63, 3.8) is 0 Å². The van der Waals surface area contributed by atoms with Crippen molar-refractivity contribution >= 4 is 31.6 Å². The first-order valence-corrected chi connectivity index (χ1v) is 8.41. The molecule has 10 nitrogen and oxygen atoms in total. The number of nitrogens with zero attached hydrogens (tertiary/aromatic N) is 4. The fourth-order valence-corrected chi connectivity index (χ4v) is 3.55. The number of aliphatic hydroxyl groups is 1. The van der Waals surface area contributed by atoms with Gasteiger partial charge < -0.3 is 19.6 Å². The molecule has 1 aliphatic heterocycles. The number of aromatic nitrogens is 4. The average molecular weight is 366 g/mol. The maximum atomic E-state index is 15.4. The molecular formula is C10H12FN4O6PS. The lowest BCUT2D eigenvalue weighted by Crippen LogP contribution is -2.56. The number of alkyl halides is 1. The van der Waals surface area contributed by atoms with E-state index in [1.54, 1.807) is 0 Å². The molecule has 1 fully saturated rings. The number of hydrogen-bond donors (Lipinski definition) is 4. The SMILES string of the molecule is O=P(O)(O)OC1(F)C(O)COC1(CS)n1cnc2cncnc21. The van der Waals surface area contributed by atoms with Crippen molar-refractivity contribution < 1.29 is 33.1 Å². The van der Waals surface area contributed by atoms with Gasteiger partial charge in [-0.3, -0.25) is 4.57 Å². The number of phosphoric ester groups is 1. The average Bonchev–Trinajstić information content (AvgIpc) is 2.99. The summed E-state index contributed by atoms with van der Waals surface area (Å²) in [6.45, 7) is -0.568. The molecule has 0 aromatic carbocycles. The second kappa shape index (κ2) is 5.45. The number of thiol groups is 1. The Kier molecular flexibility index (Phi) is 3.96. The Labute approximate surface area is 133 Å². The normalized spacial score (nSPS) is 31.8. The molecular weight excluding hydrogens is 354 g/mol. The molecule has 3 N–H and O–H groups in total. The first kappa shape index (κ1) is 16.7. The van der Waals surface area contributed by atoms with E-state index in [4.69, 9.17) is 14.5 Å². The van der Waals surface area contributed by atoms with Crippen LogP contribution in [0.2, 0.25) is 0 Å². The molecule has 2 aromatic rings. The summed E-state index contributed by atoms with van der Waals surface area (Å²) < 4.78 is 37.2. The van der Waals surface area contributed by atoms with Gasteiger partial charge in [-0.05, 0) is 0 Å². The highest BCUT2D eigenvalue weighted by Crippen LogP contribution is 2.54. The van der Waals surface area contributed by atoms with Gasteiger partial charge in [0, 0.05) is 5.75 Å². The van der Waals surface area contributed by atoms with Crippen LogP contribution in [-0.4, -0.2) is 58.7 Å². The Balaban J connectivity index is 2.21. The molecule has 2 aromatic heterocycles. The summed E-state index contributed by atoms with van der Waals surface area (Å²) in [5.74, 6) is -3.69. The van der Waals surface area contributed by atoms with E-state index < -0.39 is 37.9 Å². The summed E-state index contributed by atoms with van der Waals surface area (Å²) in [6.07, 6.45) is 1.73. The standard InChI is InChI=1S/C10H12FN4O6PS/c11-10(21-22(17,18)19)7(16)2-20-9(10,3-23)15-5-14-6-1-12-4-13-8(6)15/h1,4-5,7,16,23H,2-3H2,(H2,17,18,19). The Hall–Kier alpha value is -1.14. The Morgan fingerprint density at radius 3 is 2.96 bits per heavy atom. The second-order valence-corrected chi connectivity index (χ2v) is 6.32. The summed E-state index contributed by atoms with van der Waals surface area (Å²) in [5, 5.41) is 9.88. The summed E-state index contributed by atoms with van der Waals surface area (Å²) >= 11 is 4.02. The lowest BCUT2D eigenvalue weighted by Gasteiger charge is -2.38. The van der Waals surface area contributed by atoms with Crippen molar-refractivity contribution in [3.05, 3.63) is 18.9 Å². The molecule has 1 aliphatic rings. The lowest BCUT2D eigenvalue weighted by atomic mass is 10.0. The third-order valence-corrected chi connectivity index (χ3v) is 4.44. The van der Waals surface area contributed by atoms with Gasteiger partial charge in [0.05, 0.1) is 19.1 Å². The predicted octanol–water partition coefficient (Wildman–Crippen LogP) is -0.425. The van der Waals surface area contributed by atoms with Crippen LogP contribution in [0.15, 0.2) is 18.9 Å². The molecule has 13 heteroatoms. The highest BCUT2D eigenvalue weighted by Gasteiger charge is 2.68. The van der Waals surface area contributed by atoms with Crippen molar-refractivity contribution in [2.75, 3.05) is 12.4 Å². The van der Waals surface area contributed by atoms with Crippen LogP contribution >= 0.6 is 20.5 Å². The van der Waals surface area contributed by atoms with Crippen molar-refractivity contribution in [2.24, 2.45) is 0 Å². The van der Waals surface area contributed by atoms with Crippen LogP contribution in [0, 0.1) is 0 Å². The largest absolute Gasteiger partial charge is 0.472 e. The zero-order chi connectivity index (χ0) is 16.9. The highest BCUT2D eigenvalue weighted by molar-refractivity contribution is 7.80. The molecule has 0 aliphatic carbocycles. The first-order chi connectivity index (χ1) is 10.7. The van der Waals surface area contributed by atoms with E-state index in [2.05, 4.69) is 32.1 Å². The molecule has 0 radical (unpaired) electrons. The molecule has 23 heavy (non-hydrogen) atoms. The summed E-state index contributed by atoms with van der Waals surface area (Å²) in [5.41, 5.74) is -1.77. The van der Waals surface area contributed by atoms with Crippen LogP contribution in [0.5, 0.6) is 0 Å². The first-order valence-electron chi connectivity index (χ1n) is 6.25. The van der Waals surface area contributed by atoms with E-state index in [0.717, 1.165) is 10.9 Å². The van der Waals surface area contributed by atoms with Gasteiger partial charge in [0.1, 0.15) is 17.9 Å². The number of halogens is 1. The number of aliphatic hydroxyl groups excluding tert-OH is 1. The molecule has 3 unspecified atom stereocenters. The predicted molar refractivity (Wildman–Crippen MR) is 76.1 cm³/mol. The topological polar surface area (TPSA) is 140 Å². The van der Waals surface area contributed by atoms with E-state index in [-0.39, 0.29) is 11.2 Å². The maximum absolute atomic E-state index is 15.4. The van der Waals surface area contributed by atoms with E-state index in [9.17, 15) is 9.67 Å². The molecule has 0 amide bonds. The van der Waals surface area contributed by atoms with Crippen molar-refractivity contribution in [1.82, 2.24) is 19.5 Å². The molecule has 3 heterocycles. The molecule has 3 atom stereocenters. The number of ether oxygens (including phenoxy) is 1. The van der Waals surface area contributed by atoms with Gasteiger partial charge in [-0.25, -0.2) is 28.4 Å². The van der Waals surface area contributed by atoms with E-state index in [1.165, 1.54) is 12.5 Å². The molecule has 0 spiro atoms.